The van der Waals surface area contributed by atoms with Gasteiger partial charge in [0.1, 0.15) is 11.4 Å². The van der Waals surface area contributed by atoms with Crippen molar-refractivity contribution in [1.29, 1.82) is 0 Å². The van der Waals surface area contributed by atoms with Crippen molar-refractivity contribution in [1.82, 2.24) is 9.88 Å². The van der Waals surface area contributed by atoms with Gasteiger partial charge in [-0.1, -0.05) is 38.1 Å². The van der Waals surface area contributed by atoms with Crippen molar-refractivity contribution in [3.63, 3.8) is 0 Å². The van der Waals surface area contributed by atoms with Crippen LogP contribution in [0.15, 0.2) is 78.8 Å². The summed E-state index contributed by atoms with van der Waals surface area (Å²) in [6.45, 7) is 6.91. The van der Waals surface area contributed by atoms with Crippen LogP contribution < -0.4 is 10.1 Å². The quantitative estimate of drug-likeness (QED) is 0.498. The zero-order chi connectivity index (χ0) is 23.4. The number of pyridine rings is 1. The van der Waals surface area contributed by atoms with Crippen molar-refractivity contribution < 1.29 is 14.3 Å². The summed E-state index contributed by atoms with van der Waals surface area (Å²) in [5.41, 5.74) is 4.08. The van der Waals surface area contributed by atoms with Crippen molar-refractivity contribution >= 4 is 23.1 Å². The SMILES string of the molecule is CCOc1ccc(C2=C(Nc3ccc(C(C)C)cc3)C(=O)N(Cc3ccncc3)C2=O)cc1. The lowest BCUT2D eigenvalue weighted by atomic mass is 10.0. The number of hydrogen-bond donors (Lipinski definition) is 1. The van der Waals surface area contributed by atoms with Crippen LogP contribution in [0.25, 0.3) is 5.57 Å². The van der Waals surface area contributed by atoms with Gasteiger partial charge < -0.3 is 10.1 Å². The maximum absolute atomic E-state index is 13.4. The highest BCUT2D eigenvalue weighted by Crippen LogP contribution is 2.32. The number of anilines is 1. The molecule has 1 aliphatic rings. The first kappa shape index (κ1) is 22.3. The second kappa shape index (κ2) is 9.69. The van der Waals surface area contributed by atoms with Crippen LogP contribution in [0.5, 0.6) is 5.75 Å². The van der Waals surface area contributed by atoms with Crippen LogP contribution in [-0.2, 0) is 16.1 Å². The minimum Gasteiger partial charge on any atom is -0.494 e. The van der Waals surface area contributed by atoms with Crippen molar-refractivity contribution in [2.45, 2.75) is 33.2 Å². The lowest BCUT2D eigenvalue weighted by molar-refractivity contribution is -0.137. The first-order valence-corrected chi connectivity index (χ1v) is 11.1. The molecule has 0 atom stereocenters. The molecule has 6 nitrogen and oxygen atoms in total. The molecule has 0 bridgehead atoms. The molecule has 0 saturated heterocycles. The number of carbonyl (C=O) groups excluding carboxylic acids is 2. The Morgan fingerprint density at radius 1 is 0.909 bits per heavy atom. The van der Waals surface area contributed by atoms with Gasteiger partial charge in [0.25, 0.3) is 11.8 Å². The number of amides is 2. The number of benzene rings is 2. The first-order chi connectivity index (χ1) is 16.0. The summed E-state index contributed by atoms with van der Waals surface area (Å²) in [6.07, 6.45) is 3.30. The van der Waals surface area contributed by atoms with Crippen LogP contribution in [0.2, 0.25) is 0 Å². The molecule has 0 spiro atoms. The molecule has 1 aromatic heterocycles. The molecule has 0 saturated carbocycles. The number of rotatable bonds is 8. The van der Waals surface area contributed by atoms with E-state index < -0.39 is 0 Å². The number of ether oxygens (including phenoxy) is 1. The van der Waals surface area contributed by atoms with Crippen molar-refractivity contribution in [3.8, 4) is 5.75 Å². The van der Waals surface area contributed by atoms with E-state index in [2.05, 4.69) is 24.1 Å². The van der Waals surface area contributed by atoms with Gasteiger partial charge in [-0.15, -0.1) is 0 Å². The molecule has 0 aliphatic carbocycles. The summed E-state index contributed by atoms with van der Waals surface area (Å²) >= 11 is 0. The van der Waals surface area contributed by atoms with Crippen LogP contribution in [0.4, 0.5) is 5.69 Å². The Balaban J connectivity index is 1.70. The Hall–Kier alpha value is -3.93. The zero-order valence-electron chi connectivity index (χ0n) is 19.0. The minimum absolute atomic E-state index is 0.179. The maximum atomic E-state index is 13.4. The second-order valence-corrected chi connectivity index (χ2v) is 8.16. The summed E-state index contributed by atoms with van der Waals surface area (Å²) in [6, 6.07) is 18.8. The molecule has 1 N–H and O–H groups in total. The van der Waals surface area contributed by atoms with Crippen LogP contribution in [0, 0.1) is 0 Å². The van der Waals surface area contributed by atoms with E-state index in [0.29, 0.717) is 29.4 Å². The van der Waals surface area contributed by atoms with Crippen molar-refractivity contribution in [3.05, 3.63) is 95.4 Å². The molecule has 1 aliphatic heterocycles. The molecule has 2 heterocycles. The van der Waals surface area contributed by atoms with E-state index in [9.17, 15) is 9.59 Å². The molecule has 3 aromatic rings. The predicted octanol–water partition coefficient (Wildman–Crippen LogP) is 5.00. The summed E-state index contributed by atoms with van der Waals surface area (Å²) < 4.78 is 5.52. The van der Waals surface area contributed by atoms with Gasteiger partial charge >= 0.3 is 0 Å². The molecule has 2 amide bonds. The smallest absolute Gasteiger partial charge is 0.278 e. The highest BCUT2D eigenvalue weighted by molar-refractivity contribution is 6.36. The lowest BCUT2D eigenvalue weighted by Crippen LogP contribution is -2.32. The third kappa shape index (κ3) is 4.80. The van der Waals surface area contributed by atoms with Crippen LogP contribution >= 0.6 is 0 Å². The van der Waals surface area contributed by atoms with Gasteiger partial charge in [-0.3, -0.25) is 19.5 Å². The molecular weight excluding hydrogens is 414 g/mol. The fourth-order valence-electron chi connectivity index (χ4n) is 3.75. The van der Waals surface area contributed by atoms with E-state index in [-0.39, 0.29) is 24.1 Å². The van der Waals surface area contributed by atoms with Gasteiger partial charge in [0.05, 0.1) is 18.7 Å². The van der Waals surface area contributed by atoms with Crippen LogP contribution in [0.3, 0.4) is 0 Å². The highest BCUT2D eigenvalue weighted by Gasteiger charge is 2.39. The van der Waals surface area contributed by atoms with Gasteiger partial charge in [0.15, 0.2) is 0 Å². The van der Waals surface area contributed by atoms with Crippen LogP contribution in [0.1, 0.15) is 43.4 Å². The Kier molecular flexibility index (Phi) is 6.54. The Labute approximate surface area is 193 Å². The third-order valence-corrected chi connectivity index (χ3v) is 5.56. The zero-order valence-corrected chi connectivity index (χ0v) is 19.0. The fourth-order valence-corrected chi connectivity index (χ4v) is 3.75. The summed E-state index contributed by atoms with van der Waals surface area (Å²) in [5.74, 6) is 0.435. The molecule has 6 heteroatoms. The van der Waals surface area contributed by atoms with E-state index in [1.165, 1.54) is 10.5 Å². The van der Waals surface area contributed by atoms with E-state index in [0.717, 1.165) is 11.3 Å². The van der Waals surface area contributed by atoms with Crippen molar-refractivity contribution in [2.24, 2.45) is 0 Å². The maximum Gasteiger partial charge on any atom is 0.278 e. The topological polar surface area (TPSA) is 71.5 Å². The molecule has 2 aromatic carbocycles. The molecule has 168 valence electrons. The number of aromatic nitrogens is 1. The van der Waals surface area contributed by atoms with E-state index in [4.69, 9.17) is 4.74 Å². The van der Waals surface area contributed by atoms with Gasteiger partial charge in [-0.25, -0.2) is 0 Å². The number of hydrogen-bond acceptors (Lipinski definition) is 5. The predicted molar refractivity (Wildman–Crippen MR) is 128 cm³/mol. The Bertz CT molecular complexity index is 1170. The van der Waals surface area contributed by atoms with Gasteiger partial charge in [-0.2, -0.15) is 0 Å². The van der Waals surface area contributed by atoms with Crippen LogP contribution in [-0.4, -0.2) is 28.3 Å². The summed E-state index contributed by atoms with van der Waals surface area (Å²) in [4.78, 5) is 32.1. The van der Waals surface area contributed by atoms with Gasteiger partial charge in [-0.05, 0) is 65.9 Å². The highest BCUT2D eigenvalue weighted by atomic mass is 16.5. The number of carbonyl (C=O) groups is 2. The second-order valence-electron chi connectivity index (χ2n) is 8.16. The molecule has 0 fully saturated rings. The minimum atomic E-state index is -0.353. The largest absolute Gasteiger partial charge is 0.494 e. The monoisotopic (exact) mass is 441 g/mol. The Morgan fingerprint density at radius 3 is 2.18 bits per heavy atom. The number of imide groups is 1. The van der Waals surface area contributed by atoms with E-state index >= 15 is 0 Å². The average molecular weight is 442 g/mol. The molecule has 0 unspecified atom stereocenters. The first-order valence-electron chi connectivity index (χ1n) is 11.1. The number of nitrogens with one attached hydrogen (secondary N) is 1. The molecule has 0 radical (unpaired) electrons. The summed E-state index contributed by atoms with van der Waals surface area (Å²) in [7, 11) is 0. The van der Waals surface area contributed by atoms with E-state index in [1.807, 2.05) is 55.5 Å². The average Bonchev–Trinajstić information content (AvgIpc) is 3.05. The van der Waals surface area contributed by atoms with Crippen molar-refractivity contribution in [2.75, 3.05) is 11.9 Å². The lowest BCUT2D eigenvalue weighted by Gasteiger charge is -2.15. The van der Waals surface area contributed by atoms with E-state index in [1.54, 1.807) is 24.5 Å². The third-order valence-electron chi connectivity index (χ3n) is 5.56. The molecular formula is C27H27N3O3. The number of nitrogens with zero attached hydrogens (tertiary/aromatic N) is 2. The standard InChI is InChI=1S/C27H27N3O3/c1-4-33-23-11-7-21(8-12-23)24-25(29-22-9-5-20(6-10-22)18(2)3)27(32)30(26(24)31)17-19-13-15-28-16-14-19/h5-16,18,29H,4,17H2,1-3H3. The van der Waals surface area contributed by atoms with Gasteiger partial charge in [0.2, 0.25) is 0 Å². The Morgan fingerprint density at radius 2 is 1.58 bits per heavy atom. The van der Waals surface area contributed by atoms with Gasteiger partial charge in [0, 0.05) is 18.1 Å². The fraction of sp³-hybridized carbons (Fsp3) is 0.222. The summed E-state index contributed by atoms with van der Waals surface area (Å²) in [5, 5.41) is 3.22. The molecule has 4 rings (SSSR count). The normalized spacial score (nSPS) is 13.8. The molecule has 33 heavy (non-hydrogen) atoms.